The van der Waals surface area contributed by atoms with Gasteiger partial charge in [0.05, 0.1) is 17.1 Å². The molecule has 2 aromatic rings. The fourth-order valence-corrected chi connectivity index (χ4v) is 2.54. The third kappa shape index (κ3) is 3.08. The van der Waals surface area contributed by atoms with E-state index in [0.29, 0.717) is 10.8 Å². The van der Waals surface area contributed by atoms with E-state index in [-0.39, 0.29) is 0 Å². The molecule has 0 aliphatic carbocycles. The average molecular weight is 307 g/mol. The number of hydrogen-bond donors (Lipinski definition) is 0. The van der Waals surface area contributed by atoms with Crippen molar-refractivity contribution in [3.05, 3.63) is 62.6 Å². The van der Waals surface area contributed by atoms with Gasteiger partial charge >= 0.3 is 0 Å². The van der Waals surface area contributed by atoms with Gasteiger partial charge in [-0.2, -0.15) is 0 Å². The van der Waals surface area contributed by atoms with Crippen molar-refractivity contribution in [3.8, 4) is 11.4 Å². The molecule has 0 spiro atoms. The van der Waals surface area contributed by atoms with Gasteiger partial charge in [0, 0.05) is 28.7 Å². The van der Waals surface area contributed by atoms with Crippen LogP contribution < -0.4 is 4.74 Å². The van der Waals surface area contributed by atoms with Crippen molar-refractivity contribution < 1.29 is 9.66 Å². The van der Waals surface area contributed by atoms with Crippen molar-refractivity contribution >= 4 is 17.7 Å². The molecule has 5 nitrogen and oxygen atoms in total. The van der Waals surface area contributed by atoms with E-state index in [0.717, 1.165) is 28.8 Å². The summed E-state index contributed by atoms with van der Waals surface area (Å²) in [6.45, 7) is 3.85. The quantitative estimate of drug-likeness (QED) is 0.633. The van der Waals surface area contributed by atoms with E-state index >= 15 is 0 Å². The van der Waals surface area contributed by atoms with Crippen molar-refractivity contribution in [3.63, 3.8) is 0 Å². The van der Waals surface area contributed by atoms with Crippen LogP contribution in [0.5, 0.6) is 5.75 Å². The average Bonchev–Trinajstić information content (AvgIpc) is 2.71. The molecular formula is C15H15ClN2O3. The van der Waals surface area contributed by atoms with Crippen LogP contribution in [0, 0.1) is 24.0 Å². The molecule has 0 unspecified atom stereocenters. The number of methoxy groups -OCH3 is 1. The zero-order chi connectivity index (χ0) is 15.6. The minimum absolute atomic E-state index is 0.476. The molecule has 6 heteroatoms. The number of halogens is 1. The second kappa shape index (κ2) is 6.01. The lowest BCUT2D eigenvalue weighted by atomic mass is 10.2. The van der Waals surface area contributed by atoms with Gasteiger partial charge < -0.3 is 9.30 Å². The summed E-state index contributed by atoms with van der Waals surface area (Å²) in [6.07, 6.45) is 2.43. The Labute approximate surface area is 127 Å². The largest absolute Gasteiger partial charge is 0.495 e. The maximum absolute atomic E-state index is 10.4. The van der Waals surface area contributed by atoms with Gasteiger partial charge in [-0.3, -0.25) is 10.1 Å². The molecule has 1 aromatic heterocycles. The minimum atomic E-state index is -0.476. The first-order valence-corrected chi connectivity index (χ1v) is 6.66. The van der Waals surface area contributed by atoms with Crippen LogP contribution in [0.15, 0.2) is 30.5 Å². The van der Waals surface area contributed by atoms with Gasteiger partial charge in [0.1, 0.15) is 5.75 Å². The van der Waals surface area contributed by atoms with E-state index < -0.39 is 4.92 Å². The van der Waals surface area contributed by atoms with Gasteiger partial charge in [-0.25, -0.2) is 0 Å². The smallest absolute Gasteiger partial charge is 0.235 e. The van der Waals surface area contributed by atoms with Gasteiger partial charge in [-0.1, -0.05) is 11.6 Å². The fraction of sp³-hybridized carbons (Fsp3) is 0.200. The van der Waals surface area contributed by atoms with E-state index in [1.54, 1.807) is 19.2 Å². The van der Waals surface area contributed by atoms with Gasteiger partial charge in [0.25, 0.3) is 0 Å². The van der Waals surface area contributed by atoms with Crippen molar-refractivity contribution in [2.45, 2.75) is 13.8 Å². The van der Waals surface area contributed by atoms with Crippen LogP contribution >= 0.6 is 11.6 Å². The molecule has 0 aliphatic rings. The Morgan fingerprint density at radius 2 is 2.05 bits per heavy atom. The maximum atomic E-state index is 10.4. The Balaban J connectivity index is 2.49. The van der Waals surface area contributed by atoms with E-state index in [1.165, 1.54) is 6.08 Å². The number of nitro groups is 1. The highest BCUT2D eigenvalue weighted by atomic mass is 35.5. The summed E-state index contributed by atoms with van der Waals surface area (Å²) in [5.41, 5.74) is 3.57. The number of benzene rings is 1. The predicted molar refractivity (Wildman–Crippen MR) is 82.8 cm³/mol. The van der Waals surface area contributed by atoms with Gasteiger partial charge in [-0.05, 0) is 38.1 Å². The molecule has 0 fully saturated rings. The van der Waals surface area contributed by atoms with Crippen molar-refractivity contribution in [1.82, 2.24) is 4.57 Å². The third-order valence-electron chi connectivity index (χ3n) is 3.24. The summed E-state index contributed by atoms with van der Waals surface area (Å²) in [7, 11) is 1.56. The molecule has 0 amide bonds. The maximum Gasteiger partial charge on any atom is 0.235 e. The van der Waals surface area contributed by atoms with Gasteiger partial charge in [-0.15, -0.1) is 0 Å². The molecule has 0 saturated heterocycles. The number of aryl methyl sites for hydroxylation is 1. The highest BCUT2D eigenvalue weighted by Gasteiger charge is 2.11. The van der Waals surface area contributed by atoms with Crippen LogP contribution in [-0.4, -0.2) is 16.6 Å². The highest BCUT2D eigenvalue weighted by Crippen LogP contribution is 2.29. The van der Waals surface area contributed by atoms with Crippen LogP contribution in [0.2, 0.25) is 5.02 Å². The first-order valence-electron chi connectivity index (χ1n) is 6.28. The molecule has 110 valence electrons. The van der Waals surface area contributed by atoms with Crippen molar-refractivity contribution in [2.75, 3.05) is 7.11 Å². The standard InChI is InChI=1S/C15H15ClN2O3/c1-10-8-12(6-7-17(19)20)11(2)18(10)13-4-5-15(21-3)14(16)9-13/h4-9H,1-3H3/b7-6+. The fourth-order valence-electron chi connectivity index (χ4n) is 2.29. The second-order valence-corrected chi connectivity index (χ2v) is 4.99. The SMILES string of the molecule is COc1ccc(-n2c(C)cc(/C=C/[N+](=O)[O-])c2C)cc1Cl. The van der Waals surface area contributed by atoms with Crippen LogP contribution in [0.1, 0.15) is 17.0 Å². The van der Waals surface area contributed by atoms with E-state index in [2.05, 4.69) is 0 Å². The molecule has 0 saturated carbocycles. The topological polar surface area (TPSA) is 57.3 Å². The molecule has 0 radical (unpaired) electrons. The first kappa shape index (κ1) is 15.1. The molecule has 1 heterocycles. The third-order valence-corrected chi connectivity index (χ3v) is 3.54. The van der Waals surface area contributed by atoms with Crippen LogP contribution in [0.3, 0.4) is 0 Å². The summed E-state index contributed by atoms with van der Waals surface area (Å²) < 4.78 is 7.13. The zero-order valence-corrected chi connectivity index (χ0v) is 12.7. The lowest BCUT2D eigenvalue weighted by molar-refractivity contribution is -0.400. The Morgan fingerprint density at radius 1 is 1.33 bits per heavy atom. The highest BCUT2D eigenvalue weighted by molar-refractivity contribution is 6.32. The molecule has 0 atom stereocenters. The summed E-state index contributed by atoms with van der Waals surface area (Å²) in [5.74, 6) is 0.608. The van der Waals surface area contributed by atoms with Crippen LogP contribution in [0.4, 0.5) is 0 Å². The lowest BCUT2D eigenvalue weighted by Crippen LogP contribution is -1.99. The molecule has 0 aliphatic heterocycles. The monoisotopic (exact) mass is 306 g/mol. The summed E-state index contributed by atoms with van der Waals surface area (Å²) in [4.78, 5) is 9.97. The number of hydrogen-bond acceptors (Lipinski definition) is 3. The lowest BCUT2D eigenvalue weighted by Gasteiger charge is -2.11. The van der Waals surface area contributed by atoms with Crippen LogP contribution in [0.25, 0.3) is 11.8 Å². The molecule has 1 aromatic carbocycles. The van der Waals surface area contributed by atoms with Gasteiger partial charge in [0.2, 0.25) is 6.20 Å². The Kier molecular flexibility index (Phi) is 4.33. The molecule has 2 rings (SSSR count). The summed E-state index contributed by atoms with van der Waals surface area (Å²) in [5, 5.41) is 11.0. The van der Waals surface area contributed by atoms with Crippen molar-refractivity contribution in [2.24, 2.45) is 0 Å². The predicted octanol–water partition coefficient (Wildman–Crippen LogP) is 4.00. The Hall–Kier alpha value is -2.27. The molecule has 21 heavy (non-hydrogen) atoms. The first-order chi connectivity index (χ1) is 9.93. The number of ether oxygens (including phenoxy) is 1. The summed E-state index contributed by atoms with van der Waals surface area (Å²) in [6, 6.07) is 7.39. The molecular weight excluding hydrogens is 292 g/mol. The Bertz CT molecular complexity index is 720. The number of rotatable bonds is 4. The van der Waals surface area contributed by atoms with Crippen LogP contribution in [-0.2, 0) is 0 Å². The minimum Gasteiger partial charge on any atom is -0.495 e. The van der Waals surface area contributed by atoms with Crippen molar-refractivity contribution in [1.29, 1.82) is 0 Å². The molecule has 0 bridgehead atoms. The molecule has 0 N–H and O–H groups in total. The van der Waals surface area contributed by atoms with E-state index in [4.69, 9.17) is 16.3 Å². The normalized spacial score (nSPS) is 11.0. The number of aromatic nitrogens is 1. The zero-order valence-electron chi connectivity index (χ0n) is 12.0. The van der Waals surface area contributed by atoms with E-state index in [9.17, 15) is 10.1 Å². The summed E-state index contributed by atoms with van der Waals surface area (Å²) >= 11 is 6.15. The second-order valence-electron chi connectivity index (χ2n) is 4.58. The Morgan fingerprint density at radius 3 is 2.62 bits per heavy atom. The van der Waals surface area contributed by atoms with E-state index in [1.807, 2.05) is 30.5 Å². The van der Waals surface area contributed by atoms with Gasteiger partial charge in [0.15, 0.2) is 0 Å². The number of nitrogens with zero attached hydrogens (tertiary/aromatic N) is 2.